The Bertz CT molecular complexity index is 141. The van der Waals surface area contributed by atoms with Gasteiger partial charge < -0.3 is 4.74 Å². The molecule has 2 nitrogen and oxygen atoms in total. The van der Waals surface area contributed by atoms with Crippen LogP contribution in [-0.2, 0) is 9.53 Å². The van der Waals surface area contributed by atoms with Crippen LogP contribution in [0.15, 0.2) is 12.2 Å². The van der Waals surface area contributed by atoms with Gasteiger partial charge in [0.05, 0.1) is 0 Å². The van der Waals surface area contributed by atoms with E-state index >= 15 is 0 Å². The molecular formula is C8H11O2. The zero-order chi connectivity index (χ0) is 7.40. The zero-order valence-electron chi connectivity index (χ0n) is 5.88. The molecule has 0 aliphatic heterocycles. The minimum Gasteiger partial charge on any atom is -0.462 e. The first-order valence-corrected chi connectivity index (χ1v) is 3.43. The number of hydrogen-bond donors (Lipinski definition) is 0. The molecule has 0 spiro atoms. The van der Waals surface area contributed by atoms with Crippen LogP contribution in [0, 0.1) is 13.0 Å². The molecule has 2 heteroatoms. The van der Waals surface area contributed by atoms with E-state index in [0.29, 0.717) is 12.3 Å². The van der Waals surface area contributed by atoms with Gasteiger partial charge in [0.1, 0.15) is 7.11 Å². The van der Waals surface area contributed by atoms with Gasteiger partial charge in [-0.1, -0.05) is 12.2 Å². The lowest BCUT2D eigenvalue weighted by atomic mass is 10.0. The van der Waals surface area contributed by atoms with Crippen molar-refractivity contribution in [3.63, 3.8) is 0 Å². The highest BCUT2D eigenvalue weighted by Crippen LogP contribution is 2.21. The van der Waals surface area contributed by atoms with Gasteiger partial charge in [0.15, 0.2) is 0 Å². The summed E-state index contributed by atoms with van der Waals surface area (Å²) in [6.07, 6.45) is 6.72. The molecule has 10 heavy (non-hydrogen) atoms. The van der Waals surface area contributed by atoms with E-state index in [4.69, 9.17) is 0 Å². The molecule has 0 amide bonds. The fourth-order valence-corrected chi connectivity index (χ4v) is 1.13. The van der Waals surface area contributed by atoms with Crippen LogP contribution >= 0.6 is 0 Å². The third-order valence-corrected chi connectivity index (χ3v) is 1.72. The number of carbonyl (C=O) groups excluding carboxylic acids is 1. The number of allylic oxidation sites excluding steroid dienone is 2. The summed E-state index contributed by atoms with van der Waals surface area (Å²) in [5, 5.41) is 0. The van der Waals surface area contributed by atoms with Crippen molar-refractivity contribution in [2.45, 2.75) is 19.3 Å². The fraction of sp³-hybridized carbons (Fsp3) is 0.500. The fourth-order valence-electron chi connectivity index (χ4n) is 1.13. The predicted octanol–water partition coefficient (Wildman–Crippen LogP) is 1.68. The predicted molar refractivity (Wildman–Crippen MR) is 37.9 cm³/mol. The second kappa shape index (κ2) is 3.40. The maximum Gasteiger partial charge on any atom is 0.306 e. The Morgan fingerprint density at radius 3 is 2.70 bits per heavy atom. The quantitative estimate of drug-likeness (QED) is 0.429. The van der Waals surface area contributed by atoms with Crippen LogP contribution in [0.2, 0.25) is 0 Å². The van der Waals surface area contributed by atoms with Crippen molar-refractivity contribution in [1.29, 1.82) is 0 Å². The van der Waals surface area contributed by atoms with E-state index in [9.17, 15) is 4.79 Å². The number of esters is 1. The standard InChI is InChI=1S/C8H11O2/c1-10-8(9)6-7-4-2-3-5-7/h2-3,7H,1,4-6H2. The zero-order valence-corrected chi connectivity index (χ0v) is 5.88. The molecule has 1 aliphatic rings. The molecule has 0 aromatic carbocycles. The van der Waals surface area contributed by atoms with Gasteiger partial charge in [-0.25, -0.2) is 0 Å². The van der Waals surface area contributed by atoms with E-state index in [2.05, 4.69) is 24.0 Å². The van der Waals surface area contributed by atoms with Gasteiger partial charge in [0.2, 0.25) is 0 Å². The van der Waals surface area contributed by atoms with E-state index in [1.54, 1.807) is 0 Å². The molecule has 0 bridgehead atoms. The van der Waals surface area contributed by atoms with Crippen LogP contribution < -0.4 is 0 Å². The summed E-state index contributed by atoms with van der Waals surface area (Å²) in [4.78, 5) is 10.7. The lowest BCUT2D eigenvalue weighted by Crippen LogP contribution is -2.05. The minimum absolute atomic E-state index is 0.200. The highest BCUT2D eigenvalue weighted by atomic mass is 16.5. The third-order valence-electron chi connectivity index (χ3n) is 1.72. The molecule has 0 saturated carbocycles. The molecule has 0 heterocycles. The van der Waals surface area contributed by atoms with Gasteiger partial charge in [0, 0.05) is 6.42 Å². The molecule has 0 aromatic heterocycles. The Balaban J connectivity index is 2.19. The molecule has 0 fully saturated rings. The van der Waals surface area contributed by atoms with E-state index in [-0.39, 0.29) is 5.97 Å². The first-order valence-electron chi connectivity index (χ1n) is 3.43. The summed E-state index contributed by atoms with van der Waals surface area (Å²) < 4.78 is 4.30. The highest BCUT2D eigenvalue weighted by molar-refractivity contribution is 5.69. The van der Waals surface area contributed by atoms with Crippen LogP contribution in [0.3, 0.4) is 0 Å². The van der Waals surface area contributed by atoms with Gasteiger partial charge in [-0.15, -0.1) is 0 Å². The topological polar surface area (TPSA) is 26.3 Å². The normalized spacial score (nSPS) is 17.7. The molecule has 55 valence electrons. The number of hydrogen-bond acceptors (Lipinski definition) is 2. The molecule has 0 saturated heterocycles. The van der Waals surface area contributed by atoms with Crippen LogP contribution in [0.4, 0.5) is 0 Å². The van der Waals surface area contributed by atoms with Crippen molar-refractivity contribution in [2.24, 2.45) is 5.92 Å². The van der Waals surface area contributed by atoms with Crippen LogP contribution in [0.1, 0.15) is 19.3 Å². The minimum atomic E-state index is -0.200. The smallest absolute Gasteiger partial charge is 0.306 e. The molecule has 0 N–H and O–H groups in total. The summed E-state index contributed by atoms with van der Waals surface area (Å²) in [5.41, 5.74) is 0. The number of carbonyl (C=O) groups is 1. The Labute approximate surface area is 60.9 Å². The van der Waals surface area contributed by atoms with E-state index < -0.39 is 0 Å². The van der Waals surface area contributed by atoms with E-state index in [0.717, 1.165) is 12.8 Å². The third kappa shape index (κ3) is 1.87. The molecule has 0 aromatic rings. The summed E-state index contributed by atoms with van der Waals surface area (Å²) in [6, 6.07) is 0. The van der Waals surface area contributed by atoms with Crippen LogP contribution in [0.25, 0.3) is 0 Å². The SMILES string of the molecule is [CH2]OC(=O)CC1CC=CC1. The summed E-state index contributed by atoms with van der Waals surface area (Å²) >= 11 is 0. The van der Waals surface area contributed by atoms with Gasteiger partial charge >= 0.3 is 5.97 Å². The van der Waals surface area contributed by atoms with E-state index in [1.165, 1.54) is 0 Å². The van der Waals surface area contributed by atoms with Gasteiger partial charge in [-0.3, -0.25) is 4.79 Å². The van der Waals surface area contributed by atoms with Crippen LogP contribution in [-0.4, -0.2) is 5.97 Å². The van der Waals surface area contributed by atoms with Crippen molar-refractivity contribution < 1.29 is 9.53 Å². The van der Waals surface area contributed by atoms with Crippen molar-refractivity contribution >= 4 is 5.97 Å². The summed E-state index contributed by atoms with van der Waals surface area (Å²) in [5.74, 6) is 0.267. The average Bonchev–Trinajstić information content (AvgIpc) is 2.40. The Hall–Kier alpha value is -0.790. The van der Waals surface area contributed by atoms with Crippen molar-refractivity contribution in [3.8, 4) is 0 Å². The number of ether oxygens (including phenoxy) is 1. The Morgan fingerprint density at radius 1 is 1.60 bits per heavy atom. The summed E-state index contributed by atoms with van der Waals surface area (Å²) in [7, 11) is 3.06. The highest BCUT2D eigenvalue weighted by Gasteiger charge is 2.14. The lowest BCUT2D eigenvalue weighted by molar-refractivity contribution is -0.139. The largest absolute Gasteiger partial charge is 0.462 e. The first-order chi connectivity index (χ1) is 4.83. The van der Waals surface area contributed by atoms with Gasteiger partial charge in [-0.05, 0) is 18.8 Å². The van der Waals surface area contributed by atoms with Crippen LogP contribution in [0.5, 0.6) is 0 Å². The average molecular weight is 139 g/mol. The van der Waals surface area contributed by atoms with Crippen molar-refractivity contribution in [3.05, 3.63) is 19.3 Å². The Kier molecular flexibility index (Phi) is 2.49. The van der Waals surface area contributed by atoms with Crippen molar-refractivity contribution in [2.75, 3.05) is 0 Å². The second-order valence-electron chi connectivity index (χ2n) is 2.53. The molecule has 1 aliphatic carbocycles. The molecule has 1 radical (unpaired) electrons. The molecular weight excluding hydrogens is 128 g/mol. The van der Waals surface area contributed by atoms with Gasteiger partial charge in [0.25, 0.3) is 0 Å². The summed E-state index contributed by atoms with van der Waals surface area (Å²) in [6.45, 7) is 0. The monoisotopic (exact) mass is 139 g/mol. The first kappa shape index (κ1) is 7.32. The Morgan fingerprint density at radius 2 is 2.20 bits per heavy atom. The van der Waals surface area contributed by atoms with E-state index in [1.807, 2.05) is 0 Å². The second-order valence-corrected chi connectivity index (χ2v) is 2.53. The lowest BCUT2D eigenvalue weighted by Gasteiger charge is -2.04. The maximum atomic E-state index is 10.7. The van der Waals surface area contributed by atoms with Gasteiger partial charge in [-0.2, -0.15) is 0 Å². The molecule has 0 unspecified atom stereocenters. The van der Waals surface area contributed by atoms with Crippen molar-refractivity contribution in [1.82, 2.24) is 0 Å². The molecule has 1 rings (SSSR count). The number of rotatable bonds is 2. The molecule has 0 atom stereocenters. The maximum absolute atomic E-state index is 10.7.